The Kier molecular flexibility index (Phi) is 5.74. The monoisotopic (exact) mass is 385 g/mol. The van der Waals surface area contributed by atoms with Crippen molar-refractivity contribution in [2.24, 2.45) is 0 Å². The van der Waals surface area contributed by atoms with E-state index in [0.29, 0.717) is 12.1 Å². The second-order valence-electron chi connectivity index (χ2n) is 7.49. The average Bonchev–Trinajstić information content (AvgIpc) is 3.16. The maximum absolute atomic E-state index is 12.4. The van der Waals surface area contributed by atoms with Gasteiger partial charge in [0.1, 0.15) is 5.76 Å². The third-order valence-electron chi connectivity index (χ3n) is 5.73. The SMILES string of the molecule is CSc1ccc(NC(=O)NC2CC3CCCC(C2)N3Cc2ccco2)cc1. The molecule has 2 fully saturated rings. The van der Waals surface area contributed by atoms with Gasteiger partial charge in [-0.1, -0.05) is 6.42 Å². The fourth-order valence-electron chi connectivity index (χ4n) is 4.46. The van der Waals surface area contributed by atoms with Gasteiger partial charge in [-0.25, -0.2) is 4.79 Å². The van der Waals surface area contributed by atoms with Crippen LogP contribution in [0.5, 0.6) is 0 Å². The number of carbonyl (C=O) groups excluding carboxylic acids is 1. The summed E-state index contributed by atoms with van der Waals surface area (Å²) < 4.78 is 5.55. The first-order valence-electron chi connectivity index (χ1n) is 9.71. The number of anilines is 1. The molecule has 2 N–H and O–H groups in total. The fourth-order valence-corrected chi connectivity index (χ4v) is 4.87. The third-order valence-corrected chi connectivity index (χ3v) is 6.47. The number of carbonyl (C=O) groups is 1. The molecule has 2 amide bonds. The second kappa shape index (κ2) is 8.40. The van der Waals surface area contributed by atoms with Gasteiger partial charge in [0.15, 0.2) is 0 Å². The van der Waals surface area contributed by atoms with Gasteiger partial charge in [-0.3, -0.25) is 4.90 Å². The minimum atomic E-state index is -0.102. The van der Waals surface area contributed by atoms with Crippen LogP contribution in [0.2, 0.25) is 0 Å². The molecular formula is C21H27N3O2S. The molecule has 2 aromatic rings. The van der Waals surface area contributed by atoms with Crippen molar-refractivity contribution in [1.82, 2.24) is 10.2 Å². The summed E-state index contributed by atoms with van der Waals surface area (Å²) in [5, 5.41) is 6.16. The zero-order chi connectivity index (χ0) is 18.6. The number of fused-ring (bicyclic) bond motifs is 2. The van der Waals surface area contributed by atoms with Crippen molar-refractivity contribution in [3.8, 4) is 0 Å². The van der Waals surface area contributed by atoms with Crippen molar-refractivity contribution in [1.29, 1.82) is 0 Å². The molecule has 0 radical (unpaired) electrons. The molecule has 2 unspecified atom stereocenters. The molecule has 1 aromatic carbocycles. The number of piperidine rings is 2. The summed E-state index contributed by atoms with van der Waals surface area (Å²) in [6.45, 7) is 0.878. The van der Waals surface area contributed by atoms with E-state index in [4.69, 9.17) is 4.42 Å². The van der Waals surface area contributed by atoms with Crippen LogP contribution in [0, 0.1) is 0 Å². The van der Waals surface area contributed by atoms with Crippen LogP contribution in [-0.4, -0.2) is 35.3 Å². The van der Waals surface area contributed by atoms with Crippen LogP contribution in [0.1, 0.15) is 37.9 Å². The molecule has 144 valence electrons. The molecule has 2 bridgehead atoms. The van der Waals surface area contributed by atoms with E-state index < -0.39 is 0 Å². The van der Waals surface area contributed by atoms with Gasteiger partial charge >= 0.3 is 6.03 Å². The van der Waals surface area contributed by atoms with Crippen LogP contribution in [0.4, 0.5) is 10.5 Å². The number of nitrogens with one attached hydrogen (secondary N) is 2. The van der Waals surface area contributed by atoms with Crippen molar-refractivity contribution in [3.05, 3.63) is 48.4 Å². The van der Waals surface area contributed by atoms with Crippen LogP contribution < -0.4 is 10.6 Å². The van der Waals surface area contributed by atoms with Gasteiger partial charge < -0.3 is 15.1 Å². The number of hydrogen-bond acceptors (Lipinski definition) is 4. The van der Waals surface area contributed by atoms with Crippen LogP contribution >= 0.6 is 11.8 Å². The predicted molar refractivity (Wildman–Crippen MR) is 109 cm³/mol. The van der Waals surface area contributed by atoms with Gasteiger partial charge in [0.2, 0.25) is 0 Å². The molecule has 0 spiro atoms. The first kappa shape index (κ1) is 18.4. The van der Waals surface area contributed by atoms with Crippen LogP contribution in [0.3, 0.4) is 0 Å². The third kappa shape index (κ3) is 4.50. The molecule has 5 nitrogen and oxygen atoms in total. The molecule has 4 rings (SSSR count). The minimum Gasteiger partial charge on any atom is -0.468 e. The van der Waals surface area contributed by atoms with Crippen molar-refractivity contribution in [2.45, 2.75) is 61.7 Å². The number of rotatable bonds is 5. The lowest BCUT2D eigenvalue weighted by atomic mass is 9.81. The summed E-state index contributed by atoms with van der Waals surface area (Å²) in [5.74, 6) is 1.03. The van der Waals surface area contributed by atoms with Gasteiger partial charge in [0.25, 0.3) is 0 Å². The van der Waals surface area contributed by atoms with Gasteiger partial charge in [-0.15, -0.1) is 11.8 Å². The maximum Gasteiger partial charge on any atom is 0.319 e. The van der Waals surface area contributed by atoms with E-state index in [1.54, 1.807) is 18.0 Å². The Morgan fingerprint density at radius 3 is 2.56 bits per heavy atom. The Balaban J connectivity index is 1.33. The Hall–Kier alpha value is -1.92. The van der Waals surface area contributed by atoms with E-state index in [9.17, 15) is 4.79 Å². The van der Waals surface area contributed by atoms with Crippen LogP contribution in [-0.2, 0) is 6.54 Å². The largest absolute Gasteiger partial charge is 0.468 e. The highest BCUT2D eigenvalue weighted by molar-refractivity contribution is 7.98. The lowest BCUT2D eigenvalue weighted by Gasteiger charge is -2.48. The van der Waals surface area contributed by atoms with Crippen LogP contribution in [0.25, 0.3) is 0 Å². The highest BCUT2D eigenvalue weighted by Crippen LogP contribution is 2.35. The Morgan fingerprint density at radius 2 is 1.93 bits per heavy atom. The number of nitrogens with zero attached hydrogens (tertiary/aromatic N) is 1. The van der Waals surface area contributed by atoms with Crippen molar-refractivity contribution < 1.29 is 9.21 Å². The van der Waals surface area contributed by atoms with Gasteiger partial charge in [-0.2, -0.15) is 0 Å². The quantitative estimate of drug-likeness (QED) is 0.732. The van der Waals surface area contributed by atoms with Crippen molar-refractivity contribution in [3.63, 3.8) is 0 Å². The van der Waals surface area contributed by atoms with Gasteiger partial charge in [0.05, 0.1) is 12.8 Å². The number of thioether (sulfide) groups is 1. The molecule has 27 heavy (non-hydrogen) atoms. The molecule has 2 aliphatic rings. The topological polar surface area (TPSA) is 57.5 Å². The number of urea groups is 1. The van der Waals surface area contributed by atoms with Crippen molar-refractivity contribution >= 4 is 23.5 Å². The number of amides is 2. The number of hydrogen-bond donors (Lipinski definition) is 2. The summed E-state index contributed by atoms with van der Waals surface area (Å²) in [7, 11) is 0. The first-order valence-corrected chi connectivity index (χ1v) is 10.9. The zero-order valence-electron chi connectivity index (χ0n) is 15.7. The molecule has 1 aromatic heterocycles. The normalized spacial score (nSPS) is 25.1. The van der Waals surface area contributed by atoms with Gasteiger partial charge in [0, 0.05) is 28.7 Å². The number of furan rings is 1. The molecular weight excluding hydrogens is 358 g/mol. The molecule has 6 heteroatoms. The molecule has 2 aliphatic heterocycles. The van der Waals surface area contributed by atoms with Crippen LogP contribution in [0.15, 0.2) is 52.0 Å². The minimum absolute atomic E-state index is 0.102. The predicted octanol–water partition coefficient (Wildman–Crippen LogP) is 4.71. The van der Waals surface area contributed by atoms with E-state index in [0.717, 1.165) is 30.8 Å². The highest BCUT2D eigenvalue weighted by atomic mass is 32.2. The summed E-state index contributed by atoms with van der Waals surface area (Å²) in [4.78, 5) is 16.2. The molecule has 3 heterocycles. The zero-order valence-corrected chi connectivity index (χ0v) is 16.5. The van der Waals surface area contributed by atoms with E-state index in [2.05, 4.69) is 21.6 Å². The van der Waals surface area contributed by atoms with Gasteiger partial charge in [-0.05, 0) is 68.3 Å². The standard InChI is InChI=1S/C21H27N3O2S/c1-27-20-9-7-15(8-10-20)22-21(25)23-16-12-17-4-2-5-18(13-16)24(17)14-19-6-3-11-26-19/h3,6-11,16-18H,2,4-5,12-14H2,1H3,(H2,22,23,25). The smallest absolute Gasteiger partial charge is 0.319 e. The van der Waals surface area contributed by atoms with E-state index in [1.807, 2.05) is 36.6 Å². The lowest BCUT2D eigenvalue weighted by molar-refractivity contribution is 0.0150. The van der Waals surface area contributed by atoms with Crippen molar-refractivity contribution in [2.75, 3.05) is 11.6 Å². The molecule has 0 saturated carbocycles. The van der Waals surface area contributed by atoms with E-state index >= 15 is 0 Å². The second-order valence-corrected chi connectivity index (χ2v) is 8.37. The lowest BCUT2D eigenvalue weighted by Crippen LogP contribution is -2.56. The van der Waals surface area contributed by atoms with E-state index in [-0.39, 0.29) is 12.1 Å². The Labute approximate surface area is 164 Å². The molecule has 2 atom stereocenters. The molecule has 0 aliphatic carbocycles. The summed E-state index contributed by atoms with van der Waals surface area (Å²) >= 11 is 1.70. The Morgan fingerprint density at radius 1 is 1.19 bits per heavy atom. The first-order chi connectivity index (χ1) is 13.2. The number of benzene rings is 1. The average molecular weight is 386 g/mol. The summed E-state index contributed by atoms with van der Waals surface area (Å²) in [5.41, 5.74) is 0.834. The maximum atomic E-state index is 12.4. The molecule has 2 saturated heterocycles. The summed E-state index contributed by atoms with van der Waals surface area (Å²) in [6, 6.07) is 13.1. The summed E-state index contributed by atoms with van der Waals surface area (Å²) in [6.07, 6.45) is 9.50. The highest BCUT2D eigenvalue weighted by Gasteiger charge is 2.38. The Bertz CT molecular complexity index is 733. The fraction of sp³-hybridized carbons (Fsp3) is 0.476. The van der Waals surface area contributed by atoms with E-state index in [1.165, 1.54) is 24.2 Å².